The smallest absolute Gasteiger partial charge is 0.342 e. The molecule has 1 heterocycles. The van der Waals surface area contributed by atoms with Gasteiger partial charge < -0.3 is 9.84 Å². The van der Waals surface area contributed by atoms with Crippen LogP contribution < -0.4 is 4.90 Å². The second-order valence-corrected chi connectivity index (χ2v) is 7.06. The highest BCUT2D eigenvalue weighted by Crippen LogP contribution is 2.28. The summed E-state index contributed by atoms with van der Waals surface area (Å²) in [5.74, 6) is -1.35. The van der Waals surface area contributed by atoms with Gasteiger partial charge in [-0.1, -0.05) is 48.5 Å². The van der Waals surface area contributed by atoms with Crippen molar-refractivity contribution < 1.29 is 19.4 Å². The summed E-state index contributed by atoms with van der Waals surface area (Å²) < 4.78 is 5.12. The molecule has 1 aromatic heterocycles. The predicted octanol–water partition coefficient (Wildman–Crippen LogP) is 4.20. The van der Waals surface area contributed by atoms with Gasteiger partial charge in [0.1, 0.15) is 11.3 Å². The molecule has 6 nitrogen and oxygen atoms in total. The number of para-hydroxylation sites is 1. The number of hydrogen-bond acceptors (Lipinski definition) is 6. The molecule has 148 valence electrons. The summed E-state index contributed by atoms with van der Waals surface area (Å²) >= 11 is 1.32. The molecule has 29 heavy (non-hydrogen) atoms. The van der Waals surface area contributed by atoms with E-state index < -0.39 is 18.5 Å². The average molecular weight is 408 g/mol. The first-order valence-electron chi connectivity index (χ1n) is 8.89. The summed E-state index contributed by atoms with van der Waals surface area (Å²) in [6, 6.07) is 14.4. The molecule has 1 N–H and O–H groups in total. The first-order chi connectivity index (χ1) is 14.0. The van der Waals surface area contributed by atoms with Crippen molar-refractivity contribution in [3.8, 4) is 17.0 Å². The first-order valence-corrected chi connectivity index (χ1v) is 9.77. The number of carbonyl (C=O) groups excluding carboxylic acids is 2. The van der Waals surface area contributed by atoms with Crippen LogP contribution in [0, 0.1) is 6.92 Å². The molecule has 0 bridgehead atoms. The molecule has 3 rings (SSSR count). The maximum absolute atomic E-state index is 12.7. The topological polar surface area (TPSA) is 79.7 Å². The highest BCUT2D eigenvalue weighted by Gasteiger charge is 2.21. The Morgan fingerprint density at radius 2 is 1.97 bits per heavy atom. The fourth-order valence-electron chi connectivity index (χ4n) is 2.65. The molecule has 1 amide bonds. The quantitative estimate of drug-likeness (QED) is 0.468. The van der Waals surface area contributed by atoms with Crippen molar-refractivity contribution >= 4 is 28.3 Å². The van der Waals surface area contributed by atoms with Crippen molar-refractivity contribution in [2.24, 2.45) is 0 Å². The molecule has 0 atom stereocenters. The molecule has 0 spiro atoms. The number of ether oxygens (including phenoxy) is 1. The van der Waals surface area contributed by atoms with Gasteiger partial charge in [-0.15, -0.1) is 17.9 Å². The van der Waals surface area contributed by atoms with Crippen molar-refractivity contribution in [3.05, 3.63) is 77.7 Å². The standard InChI is InChI=1S/C22H20N2O4S/c1-3-12-24(22-23-18(14-29-22)16-9-5-4-6-10-16)19(25)13-28-21(27)17-11-7-8-15(2)20(17)26/h3-11,14,26H,1,12-13H2,2H3. The van der Waals surface area contributed by atoms with E-state index in [-0.39, 0.29) is 17.9 Å². The predicted molar refractivity (Wildman–Crippen MR) is 113 cm³/mol. The molecule has 0 saturated heterocycles. The van der Waals surface area contributed by atoms with Gasteiger partial charge >= 0.3 is 5.97 Å². The average Bonchev–Trinajstić information content (AvgIpc) is 3.22. The first kappa shape index (κ1) is 20.3. The van der Waals surface area contributed by atoms with Crippen LogP contribution in [0.15, 0.2) is 66.6 Å². The number of rotatable bonds is 7. The third-order valence-electron chi connectivity index (χ3n) is 4.19. The van der Waals surface area contributed by atoms with Crippen molar-refractivity contribution in [3.63, 3.8) is 0 Å². The minimum Gasteiger partial charge on any atom is -0.507 e. The zero-order valence-electron chi connectivity index (χ0n) is 15.9. The zero-order valence-corrected chi connectivity index (χ0v) is 16.7. The second-order valence-electron chi connectivity index (χ2n) is 6.22. The van der Waals surface area contributed by atoms with Crippen molar-refractivity contribution in [2.45, 2.75) is 6.92 Å². The van der Waals surface area contributed by atoms with Crippen LogP contribution in [0.2, 0.25) is 0 Å². The molecule has 0 fully saturated rings. The Morgan fingerprint density at radius 3 is 2.69 bits per heavy atom. The summed E-state index contributed by atoms with van der Waals surface area (Å²) in [5.41, 5.74) is 2.28. The van der Waals surface area contributed by atoms with Gasteiger partial charge in [-0.2, -0.15) is 0 Å². The van der Waals surface area contributed by atoms with E-state index in [1.54, 1.807) is 25.1 Å². The number of aryl methyl sites for hydroxylation is 1. The number of phenols is 1. The van der Waals surface area contributed by atoms with E-state index in [2.05, 4.69) is 11.6 Å². The third kappa shape index (κ3) is 4.70. The van der Waals surface area contributed by atoms with Crippen LogP contribution in [0.25, 0.3) is 11.3 Å². The largest absolute Gasteiger partial charge is 0.507 e. The highest BCUT2D eigenvalue weighted by atomic mass is 32.1. The molecule has 7 heteroatoms. The van der Waals surface area contributed by atoms with Crippen LogP contribution in [-0.2, 0) is 9.53 Å². The van der Waals surface area contributed by atoms with Crippen LogP contribution in [0.3, 0.4) is 0 Å². The van der Waals surface area contributed by atoms with Gasteiger partial charge in [0.05, 0.1) is 5.69 Å². The lowest BCUT2D eigenvalue weighted by atomic mass is 10.1. The summed E-state index contributed by atoms with van der Waals surface area (Å²) in [6.07, 6.45) is 1.58. The Kier molecular flexibility index (Phi) is 6.41. The van der Waals surface area contributed by atoms with Gasteiger partial charge in [-0.05, 0) is 18.6 Å². The minimum absolute atomic E-state index is 0.0219. The lowest BCUT2D eigenvalue weighted by molar-refractivity contribution is -0.121. The number of aromatic hydroxyl groups is 1. The van der Waals surface area contributed by atoms with Gasteiger partial charge in [-0.25, -0.2) is 9.78 Å². The Balaban J connectivity index is 1.72. The van der Waals surface area contributed by atoms with Crippen LogP contribution >= 0.6 is 11.3 Å². The number of carbonyl (C=O) groups is 2. The fraction of sp³-hybridized carbons (Fsp3) is 0.136. The number of anilines is 1. The fourth-order valence-corrected chi connectivity index (χ4v) is 3.51. The molecular weight excluding hydrogens is 388 g/mol. The third-order valence-corrected chi connectivity index (χ3v) is 5.05. The van der Waals surface area contributed by atoms with E-state index in [4.69, 9.17) is 4.74 Å². The number of hydrogen-bond donors (Lipinski definition) is 1. The van der Waals surface area contributed by atoms with E-state index in [0.717, 1.165) is 11.3 Å². The number of nitrogens with zero attached hydrogens (tertiary/aromatic N) is 2. The van der Waals surface area contributed by atoms with Gasteiger partial charge in [0, 0.05) is 17.5 Å². The molecule has 0 aliphatic carbocycles. The molecular formula is C22H20N2O4S. The maximum atomic E-state index is 12.7. The second kappa shape index (κ2) is 9.16. The lowest BCUT2D eigenvalue weighted by Crippen LogP contribution is -2.34. The maximum Gasteiger partial charge on any atom is 0.342 e. The molecule has 0 aliphatic heterocycles. The van der Waals surface area contributed by atoms with Crippen LogP contribution in [0.1, 0.15) is 15.9 Å². The molecule has 3 aromatic rings. The number of amides is 1. The van der Waals surface area contributed by atoms with E-state index >= 15 is 0 Å². The highest BCUT2D eigenvalue weighted by molar-refractivity contribution is 7.14. The van der Waals surface area contributed by atoms with E-state index in [0.29, 0.717) is 10.7 Å². The monoisotopic (exact) mass is 408 g/mol. The Morgan fingerprint density at radius 1 is 1.21 bits per heavy atom. The van der Waals surface area contributed by atoms with Crippen LogP contribution in [-0.4, -0.2) is 35.1 Å². The van der Waals surface area contributed by atoms with E-state index in [1.807, 2.05) is 35.7 Å². The lowest BCUT2D eigenvalue weighted by Gasteiger charge is -2.18. The summed E-state index contributed by atoms with van der Waals surface area (Å²) in [4.78, 5) is 30.9. The molecule has 0 unspecified atom stereocenters. The molecule has 0 aliphatic rings. The van der Waals surface area contributed by atoms with Crippen molar-refractivity contribution in [2.75, 3.05) is 18.1 Å². The normalized spacial score (nSPS) is 10.4. The Labute approximate surface area is 172 Å². The zero-order chi connectivity index (χ0) is 20.8. The number of benzene rings is 2. The number of phenolic OH excluding ortho intramolecular Hbond substituents is 1. The summed E-state index contributed by atoms with van der Waals surface area (Å²) in [7, 11) is 0. The van der Waals surface area contributed by atoms with Crippen LogP contribution in [0.5, 0.6) is 5.75 Å². The number of aromatic nitrogens is 1. The summed E-state index contributed by atoms with van der Waals surface area (Å²) in [6.45, 7) is 5.11. The molecule has 0 radical (unpaired) electrons. The van der Waals surface area contributed by atoms with Gasteiger partial charge in [-0.3, -0.25) is 9.69 Å². The van der Waals surface area contributed by atoms with Crippen molar-refractivity contribution in [1.29, 1.82) is 0 Å². The number of thiazole rings is 1. The van der Waals surface area contributed by atoms with Crippen molar-refractivity contribution in [1.82, 2.24) is 4.98 Å². The Hall–Kier alpha value is -3.45. The van der Waals surface area contributed by atoms with Gasteiger partial charge in [0.2, 0.25) is 0 Å². The Bertz CT molecular complexity index is 1030. The minimum atomic E-state index is -0.762. The van der Waals surface area contributed by atoms with Crippen LogP contribution in [0.4, 0.5) is 5.13 Å². The van der Waals surface area contributed by atoms with Gasteiger partial charge in [0.15, 0.2) is 11.7 Å². The van der Waals surface area contributed by atoms with Gasteiger partial charge in [0.25, 0.3) is 5.91 Å². The van der Waals surface area contributed by atoms with E-state index in [1.165, 1.54) is 22.3 Å². The number of esters is 1. The SMILES string of the molecule is C=CCN(C(=O)COC(=O)c1cccc(C)c1O)c1nc(-c2ccccc2)cs1. The van der Waals surface area contributed by atoms with E-state index in [9.17, 15) is 14.7 Å². The summed E-state index contributed by atoms with van der Waals surface area (Å²) in [5, 5.41) is 12.4. The molecule has 0 saturated carbocycles. The molecule has 2 aromatic carbocycles.